The summed E-state index contributed by atoms with van der Waals surface area (Å²) in [5.74, 6) is 0. The zero-order valence-electron chi connectivity index (χ0n) is 42.5. The minimum Gasteiger partial charge on any atom is -0.254 e. The van der Waals surface area contributed by atoms with Gasteiger partial charge in [-0.05, 0) is 49.2 Å². The number of unbranched alkanes of at least 4 members (excludes halogenated alkanes) is 18. The molecule has 0 atom stereocenters. The zero-order chi connectivity index (χ0) is 49.6. The Morgan fingerprint density at radius 1 is 0.306 bits per heavy atom. The molecule has 0 aliphatic carbocycles. The molecule has 72 heavy (non-hydrogen) atoms. The van der Waals surface area contributed by atoms with Crippen LogP contribution in [0.2, 0.25) is 0 Å². The SMILES string of the molecule is CCCCCCCCCCCCOS(=O)(=O)OCCCCCCCCCCCC.[Ru+2].c1cnc2c(c1)ccc1cccnc12.c1cnc2c(c1)ccc1cccnc12.c1cnc2c(c1)ccc1cccnc12. The molecular weight excluding hydrogens is 1000 g/mol. The van der Waals surface area contributed by atoms with Gasteiger partial charge >= 0.3 is 29.9 Å². The van der Waals surface area contributed by atoms with Crippen molar-refractivity contribution in [3.63, 3.8) is 0 Å². The first-order valence-corrected chi connectivity index (χ1v) is 27.6. The predicted octanol–water partition coefficient (Wildman–Crippen LogP) is 16.5. The molecule has 0 radical (unpaired) electrons. The van der Waals surface area contributed by atoms with Gasteiger partial charge in [0.2, 0.25) is 0 Å². The van der Waals surface area contributed by atoms with Crippen LogP contribution in [0.5, 0.6) is 0 Å². The maximum Gasteiger partial charge on any atom is 2.00 e. The zero-order valence-corrected chi connectivity index (χ0v) is 45.0. The molecule has 0 bridgehead atoms. The summed E-state index contributed by atoms with van der Waals surface area (Å²) in [7, 11) is -3.80. The Hall–Kier alpha value is -5.39. The molecule has 10 nitrogen and oxygen atoms in total. The first-order valence-electron chi connectivity index (χ1n) is 26.3. The van der Waals surface area contributed by atoms with E-state index in [1.54, 1.807) is 37.2 Å². The molecule has 0 aliphatic heterocycles. The van der Waals surface area contributed by atoms with Crippen molar-refractivity contribution in [2.24, 2.45) is 0 Å². The maximum atomic E-state index is 11.7. The van der Waals surface area contributed by atoms with E-state index in [9.17, 15) is 8.42 Å². The summed E-state index contributed by atoms with van der Waals surface area (Å²) in [5, 5.41) is 6.83. The summed E-state index contributed by atoms with van der Waals surface area (Å²) in [6.07, 6.45) is 35.3. The van der Waals surface area contributed by atoms with Crippen LogP contribution in [-0.4, -0.2) is 51.5 Å². The van der Waals surface area contributed by atoms with E-state index in [0.717, 1.165) is 104 Å². The molecule has 9 aromatic rings. The van der Waals surface area contributed by atoms with Gasteiger partial charge in [0, 0.05) is 69.5 Å². The summed E-state index contributed by atoms with van der Waals surface area (Å²) in [6, 6.07) is 36.4. The summed E-state index contributed by atoms with van der Waals surface area (Å²) in [4.78, 5) is 26.1. The quantitative estimate of drug-likeness (QED) is 0.0327. The number of nitrogens with zero attached hydrogens (tertiary/aromatic N) is 6. The van der Waals surface area contributed by atoms with Gasteiger partial charge in [-0.2, -0.15) is 8.42 Å². The number of fused-ring (bicyclic) bond motifs is 9. The van der Waals surface area contributed by atoms with E-state index in [4.69, 9.17) is 8.37 Å². The molecule has 0 amide bonds. The molecule has 0 saturated heterocycles. The number of hydrogen-bond acceptors (Lipinski definition) is 10. The number of hydrogen-bond donors (Lipinski definition) is 0. The van der Waals surface area contributed by atoms with E-state index in [2.05, 4.69) is 117 Å². The van der Waals surface area contributed by atoms with Gasteiger partial charge in [0.25, 0.3) is 0 Å². The third kappa shape index (κ3) is 19.6. The monoisotopic (exact) mass is 1080 g/mol. The molecule has 0 N–H and O–H groups in total. The van der Waals surface area contributed by atoms with Crippen molar-refractivity contribution < 1.29 is 36.3 Å². The third-order valence-corrected chi connectivity index (χ3v) is 13.4. The molecule has 12 heteroatoms. The first kappa shape index (κ1) is 57.5. The predicted molar refractivity (Wildman–Crippen MR) is 296 cm³/mol. The Kier molecular flexibility index (Phi) is 26.6. The minimum atomic E-state index is -3.80. The van der Waals surface area contributed by atoms with E-state index in [0.29, 0.717) is 0 Å². The van der Waals surface area contributed by atoms with E-state index < -0.39 is 10.4 Å². The van der Waals surface area contributed by atoms with E-state index in [1.165, 1.54) is 89.9 Å². The molecule has 6 aromatic heterocycles. The summed E-state index contributed by atoms with van der Waals surface area (Å²) in [5.41, 5.74) is 5.86. The van der Waals surface area contributed by atoms with Crippen molar-refractivity contribution in [2.75, 3.05) is 13.2 Å². The molecule has 0 aliphatic rings. The van der Waals surface area contributed by atoms with Gasteiger partial charge in [0.1, 0.15) is 0 Å². The topological polar surface area (TPSA) is 130 Å². The Labute approximate surface area is 441 Å². The van der Waals surface area contributed by atoms with Crippen LogP contribution in [0.25, 0.3) is 65.4 Å². The van der Waals surface area contributed by atoms with Crippen molar-refractivity contribution in [3.8, 4) is 0 Å². The van der Waals surface area contributed by atoms with Crippen LogP contribution >= 0.6 is 0 Å². The molecule has 0 fully saturated rings. The van der Waals surface area contributed by atoms with Crippen LogP contribution in [0.4, 0.5) is 0 Å². The van der Waals surface area contributed by atoms with Gasteiger partial charge < -0.3 is 0 Å². The van der Waals surface area contributed by atoms with Crippen LogP contribution in [0.1, 0.15) is 142 Å². The smallest absolute Gasteiger partial charge is 0.254 e. The normalized spacial score (nSPS) is 11.1. The molecule has 3 aromatic carbocycles. The Morgan fingerprint density at radius 2 is 0.500 bits per heavy atom. The van der Waals surface area contributed by atoms with Crippen LogP contribution in [0.15, 0.2) is 146 Å². The van der Waals surface area contributed by atoms with E-state index in [1.807, 2.05) is 36.4 Å². The van der Waals surface area contributed by atoms with Crippen molar-refractivity contribution in [2.45, 2.75) is 142 Å². The number of benzene rings is 3. The Morgan fingerprint density at radius 3 is 0.708 bits per heavy atom. The van der Waals surface area contributed by atoms with Crippen molar-refractivity contribution in [3.05, 3.63) is 146 Å². The molecule has 380 valence electrons. The fraction of sp³-hybridized carbons (Fsp3) is 0.400. The number of aromatic nitrogens is 6. The summed E-state index contributed by atoms with van der Waals surface area (Å²) < 4.78 is 33.3. The second-order valence-electron chi connectivity index (χ2n) is 18.1. The second-order valence-corrected chi connectivity index (χ2v) is 19.4. The summed E-state index contributed by atoms with van der Waals surface area (Å²) >= 11 is 0. The van der Waals surface area contributed by atoms with Gasteiger partial charge in [-0.1, -0.05) is 202 Å². The maximum absolute atomic E-state index is 11.7. The van der Waals surface area contributed by atoms with E-state index >= 15 is 0 Å². The van der Waals surface area contributed by atoms with Crippen LogP contribution in [0.3, 0.4) is 0 Å². The van der Waals surface area contributed by atoms with Gasteiger partial charge in [0.05, 0.1) is 46.3 Å². The Balaban J connectivity index is 0.000000187. The van der Waals surface area contributed by atoms with Crippen LogP contribution in [0, 0.1) is 0 Å². The van der Waals surface area contributed by atoms with Gasteiger partial charge in [-0.15, -0.1) is 0 Å². The molecule has 0 spiro atoms. The average Bonchev–Trinajstić information content (AvgIpc) is 3.42. The fourth-order valence-corrected chi connectivity index (χ4v) is 9.29. The van der Waals surface area contributed by atoms with Crippen LogP contribution in [-0.2, 0) is 38.2 Å². The van der Waals surface area contributed by atoms with Crippen molar-refractivity contribution in [1.29, 1.82) is 0 Å². The van der Waals surface area contributed by atoms with Crippen LogP contribution < -0.4 is 0 Å². The summed E-state index contributed by atoms with van der Waals surface area (Å²) in [6.45, 7) is 4.98. The molecule has 6 heterocycles. The van der Waals surface area contributed by atoms with Gasteiger partial charge in [0.15, 0.2) is 0 Å². The largest absolute Gasteiger partial charge is 2.00 e. The molecule has 9 rings (SSSR count). The van der Waals surface area contributed by atoms with E-state index in [-0.39, 0.29) is 32.7 Å². The first-order chi connectivity index (χ1) is 35.0. The second kappa shape index (κ2) is 33.4. The van der Waals surface area contributed by atoms with Gasteiger partial charge in [-0.3, -0.25) is 29.9 Å². The minimum absolute atomic E-state index is 0. The number of pyridine rings is 6. The number of rotatable bonds is 24. The molecular formula is C60H74N6O4RuS+2. The Bertz CT molecular complexity index is 2590. The average molecular weight is 1080 g/mol. The third-order valence-electron chi connectivity index (χ3n) is 12.5. The fourth-order valence-electron chi connectivity index (χ4n) is 8.57. The molecule has 0 saturated carbocycles. The van der Waals surface area contributed by atoms with Crippen molar-refractivity contribution in [1.82, 2.24) is 29.9 Å². The van der Waals surface area contributed by atoms with Gasteiger partial charge in [-0.25, -0.2) is 8.37 Å². The standard InChI is InChI=1S/C24H50O4S.3C12H8N2.Ru/c1-3-5-7-9-11-13-15-17-19-21-23-27-29(25,26)28-24-22-20-18-16-14-12-10-8-6-4-2;3*1-3-9-5-6-10-4-2-8-14-12(10)11(9)13-7-1;/h3-24H2,1-2H3;3*1-8H;/q;;;;+2. The van der Waals surface area contributed by atoms with Crippen molar-refractivity contribution >= 4 is 75.8 Å². The molecule has 0 unspecified atom stereocenters.